The number of Topliss-reactive ketones (excluding diaryl/α,β-unsaturated/α-hetero) is 1. The predicted octanol–water partition coefficient (Wildman–Crippen LogP) is 2.44. The average molecular weight is 310 g/mol. The molecule has 0 spiro atoms. The van der Waals surface area contributed by atoms with Crippen molar-refractivity contribution >= 4 is 28.5 Å². The van der Waals surface area contributed by atoms with Gasteiger partial charge < -0.3 is 9.73 Å². The second kappa shape index (κ2) is 5.92. The van der Waals surface area contributed by atoms with Gasteiger partial charge in [0.25, 0.3) is 0 Å². The van der Waals surface area contributed by atoms with E-state index in [9.17, 15) is 14.4 Å². The molecular formula is C17H14N2O4. The highest BCUT2D eigenvalue weighted by Crippen LogP contribution is 2.16. The van der Waals surface area contributed by atoms with Gasteiger partial charge in [0.15, 0.2) is 11.4 Å². The summed E-state index contributed by atoms with van der Waals surface area (Å²) in [5, 5.41) is 2.66. The molecule has 1 N–H and O–H groups in total. The molecule has 0 radical (unpaired) electrons. The Morgan fingerprint density at radius 2 is 1.78 bits per heavy atom. The van der Waals surface area contributed by atoms with Crippen LogP contribution in [0.2, 0.25) is 0 Å². The van der Waals surface area contributed by atoms with E-state index in [1.165, 1.54) is 11.5 Å². The van der Waals surface area contributed by atoms with Crippen LogP contribution in [0, 0.1) is 0 Å². The second-order valence-corrected chi connectivity index (χ2v) is 5.07. The maximum absolute atomic E-state index is 12.2. The van der Waals surface area contributed by atoms with E-state index in [4.69, 9.17) is 4.42 Å². The lowest BCUT2D eigenvalue weighted by Crippen LogP contribution is -2.25. The molecule has 23 heavy (non-hydrogen) atoms. The monoisotopic (exact) mass is 310 g/mol. The number of carbonyl (C=O) groups is 2. The molecule has 0 aliphatic carbocycles. The van der Waals surface area contributed by atoms with Gasteiger partial charge in [0.2, 0.25) is 5.91 Å². The number of nitrogens with one attached hydrogen (secondary N) is 1. The Labute approximate surface area is 131 Å². The molecule has 0 saturated carbocycles. The Bertz CT molecular complexity index is 952. The van der Waals surface area contributed by atoms with E-state index in [1.54, 1.807) is 48.5 Å². The van der Waals surface area contributed by atoms with Crippen molar-refractivity contribution in [2.45, 2.75) is 13.5 Å². The molecule has 6 nitrogen and oxygen atoms in total. The molecule has 1 heterocycles. The largest absolute Gasteiger partial charge is 0.420 e. The third kappa shape index (κ3) is 2.91. The smallest absolute Gasteiger partial charge is 0.408 e. The lowest BCUT2D eigenvalue weighted by atomic mass is 10.1. The number of carbonyl (C=O) groups excluding carboxylic acids is 2. The summed E-state index contributed by atoms with van der Waals surface area (Å²) >= 11 is 0. The van der Waals surface area contributed by atoms with Crippen LogP contribution in [0.15, 0.2) is 57.7 Å². The molecule has 6 heteroatoms. The van der Waals surface area contributed by atoms with Crippen LogP contribution in [0.5, 0.6) is 0 Å². The van der Waals surface area contributed by atoms with Crippen molar-refractivity contribution < 1.29 is 14.0 Å². The number of aromatic nitrogens is 1. The zero-order valence-electron chi connectivity index (χ0n) is 12.4. The van der Waals surface area contributed by atoms with Gasteiger partial charge in [-0.2, -0.15) is 0 Å². The number of benzene rings is 2. The molecule has 3 rings (SSSR count). The lowest BCUT2D eigenvalue weighted by molar-refractivity contribution is -0.116. The number of para-hydroxylation sites is 3. The van der Waals surface area contributed by atoms with Crippen LogP contribution < -0.4 is 11.1 Å². The summed E-state index contributed by atoms with van der Waals surface area (Å²) in [6, 6.07) is 13.6. The quantitative estimate of drug-likeness (QED) is 0.750. The number of fused-ring (bicyclic) bond motifs is 1. The normalized spacial score (nSPS) is 10.7. The van der Waals surface area contributed by atoms with Crippen molar-refractivity contribution in [1.29, 1.82) is 0 Å². The molecule has 1 aromatic heterocycles. The highest BCUT2D eigenvalue weighted by molar-refractivity contribution is 6.03. The first-order valence-electron chi connectivity index (χ1n) is 7.04. The summed E-state index contributed by atoms with van der Waals surface area (Å²) in [6.07, 6.45) is 0. The summed E-state index contributed by atoms with van der Waals surface area (Å²) in [7, 11) is 0. The minimum atomic E-state index is -0.596. The first-order valence-corrected chi connectivity index (χ1v) is 7.04. The molecule has 0 fully saturated rings. The van der Waals surface area contributed by atoms with Crippen LogP contribution in [-0.2, 0) is 11.3 Å². The molecule has 0 aliphatic rings. The van der Waals surface area contributed by atoms with E-state index in [0.29, 0.717) is 22.4 Å². The summed E-state index contributed by atoms with van der Waals surface area (Å²) < 4.78 is 6.34. The predicted molar refractivity (Wildman–Crippen MR) is 85.6 cm³/mol. The zero-order chi connectivity index (χ0) is 16.4. The van der Waals surface area contributed by atoms with Gasteiger partial charge in [0.1, 0.15) is 6.54 Å². The van der Waals surface area contributed by atoms with Crippen molar-refractivity contribution in [1.82, 2.24) is 4.57 Å². The summed E-state index contributed by atoms with van der Waals surface area (Å²) in [5.41, 5.74) is 1.82. The molecule has 116 valence electrons. The average Bonchev–Trinajstić information content (AvgIpc) is 2.83. The number of nitrogens with zero attached hydrogens (tertiary/aromatic N) is 1. The van der Waals surface area contributed by atoms with Crippen LogP contribution in [0.1, 0.15) is 17.3 Å². The molecule has 0 atom stereocenters. The van der Waals surface area contributed by atoms with Crippen LogP contribution in [-0.4, -0.2) is 16.3 Å². The van der Waals surface area contributed by atoms with Crippen molar-refractivity contribution in [2.75, 3.05) is 5.32 Å². The minimum Gasteiger partial charge on any atom is -0.408 e. The van der Waals surface area contributed by atoms with Gasteiger partial charge in [0.05, 0.1) is 11.2 Å². The van der Waals surface area contributed by atoms with E-state index in [-0.39, 0.29) is 12.3 Å². The van der Waals surface area contributed by atoms with Crippen molar-refractivity contribution in [3.8, 4) is 0 Å². The van der Waals surface area contributed by atoms with E-state index < -0.39 is 11.7 Å². The van der Waals surface area contributed by atoms with Gasteiger partial charge in [-0.15, -0.1) is 0 Å². The molecular weight excluding hydrogens is 296 g/mol. The topological polar surface area (TPSA) is 81.3 Å². The SMILES string of the molecule is CC(=O)c1ccccc1NC(=O)Cn1c(=O)oc2ccccc21. The molecule has 0 saturated heterocycles. The van der Waals surface area contributed by atoms with Gasteiger partial charge in [-0.05, 0) is 31.2 Å². The van der Waals surface area contributed by atoms with Gasteiger partial charge in [-0.1, -0.05) is 24.3 Å². The Morgan fingerprint density at radius 1 is 1.09 bits per heavy atom. The molecule has 0 aliphatic heterocycles. The molecule has 2 aromatic carbocycles. The number of rotatable bonds is 4. The maximum Gasteiger partial charge on any atom is 0.420 e. The number of hydrogen-bond donors (Lipinski definition) is 1. The molecule has 0 bridgehead atoms. The molecule has 1 amide bonds. The first-order chi connectivity index (χ1) is 11.1. The minimum absolute atomic E-state index is 0.146. The lowest BCUT2D eigenvalue weighted by Gasteiger charge is -2.09. The number of hydrogen-bond acceptors (Lipinski definition) is 4. The van der Waals surface area contributed by atoms with Crippen molar-refractivity contribution in [2.24, 2.45) is 0 Å². The second-order valence-electron chi connectivity index (χ2n) is 5.07. The third-order valence-corrected chi connectivity index (χ3v) is 3.46. The Balaban J connectivity index is 1.86. The fourth-order valence-electron chi connectivity index (χ4n) is 2.40. The Morgan fingerprint density at radius 3 is 2.57 bits per heavy atom. The number of amides is 1. The highest BCUT2D eigenvalue weighted by atomic mass is 16.4. The Hall–Kier alpha value is -3.15. The van der Waals surface area contributed by atoms with Gasteiger partial charge in [0, 0.05) is 5.56 Å². The fourth-order valence-corrected chi connectivity index (χ4v) is 2.40. The summed E-state index contributed by atoms with van der Waals surface area (Å²) in [4.78, 5) is 35.7. The molecule has 0 unspecified atom stereocenters. The van der Waals surface area contributed by atoms with Crippen molar-refractivity contribution in [3.05, 3.63) is 64.6 Å². The van der Waals surface area contributed by atoms with Crippen LogP contribution >= 0.6 is 0 Å². The van der Waals surface area contributed by atoms with Crippen LogP contribution in [0.25, 0.3) is 11.1 Å². The fraction of sp³-hybridized carbons (Fsp3) is 0.118. The van der Waals surface area contributed by atoms with E-state index in [2.05, 4.69) is 5.32 Å². The van der Waals surface area contributed by atoms with Gasteiger partial charge in [-0.25, -0.2) is 4.79 Å². The van der Waals surface area contributed by atoms with Gasteiger partial charge in [-0.3, -0.25) is 14.2 Å². The van der Waals surface area contributed by atoms with E-state index in [0.717, 1.165) is 0 Å². The van der Waals surface area contributed by atoms with Crippen LogP contribution in [0.4, 0.5) is 5.69 Å². The summed E-state index contributed by atoms with van der Waals surface area (Å²) in [5.74, 6) is -1.15. The standard InChI is InChI=1S/C17H14N2O4/c1-11(20)12-6-2-3-7-13(12)18-16(21)10-19-14-8-4-5-9-15(14)23-17(19)22/h2-9H,10H2,1H3,(H,18,21). The van der Waals surface area contributed by atoms with E-state index in [1.807, 2.05) is 0 Å². The summed E-state index contributed by atoms with van der Waals surface area (Å²) in [6.45, 7) is 1.24. The first kappa shape index (κ1) is 14.8. The molecule has 3 aromatic rings. The highest BCUT2D eigenvalue weighted by Gasteiger charge is 2.14. The number of ketones is 1. The van der Waals surface area contributed by atoms with Crippen molar-refractivity contribution in [3.63, 3.8) is 0 Å². The van der Waals surface area contributed by atoms with Gasteiger partial charge >= 0.3 is 5.76 Å². The third-order valence-electron chi connectivity index (χ3n) is 3.46. The Kier molecular flexibility index (Phi) is 3.80. The maximum atomic E-state index is 12.2. The number of anilines is 1. The number of oxazole rings is 1. The van der Waals surface area contributed by atoms with Crippen LogP contribution in [0.3, 0.4) is 0 Å². The van der Waals surface area contributed by atoms with E-state index >= 15 is 0 Å². The zero-order valence-corrected chi connectivity index (χ0v) is 12.4.